The molecule has 1 N–H and O–H groups in total. The van der Waals surface area contributed by atoms with E-state index in [2.05, 4.69) is 13.5 Å². The molecule has 0 saturated heterocycles. The standard InChI is InChI=1S/C9H18O/c1-4-6-7-8-9(3,10)5-2/h5,10H,2,4,6-8H2,1,3H3/t9-/m0/s1. The predicted octanol–water partition coefficient (Wildman–Crippen LogP) is 2.50. The second kappa shape index (κ2) is 4.51. The fourth-order valence-electron chi connectivity index (χ4n) is 0.835. The van der Waals surface area contributed by atoms with Crippen molar-refractivity contribution >= 4 is 0 Å². The van der Waals surface area contributed by atoms with Gasteiger partial charge in [-0.15, -0.1) is 6.58 Å². The molecule has 0 aromatic rings. The molecule has 0 unspecified atom stereocenters. The number of unbranched alkanes of at least 4 members (excludes halogenated alkanes) is 2. The molecule has 0 bridgehead atoms. The van der Waals surface area contributed by atoms with Crippen LogP contribution in [0.15, 0.2) is 12.7 Å². The largest absolute Gasteiger partial charge is 0.386 e. The molecule has 0 fully saturated rings. The van der Waals surface area contributed by atoms with Gasteiger partial charge in [-0.1, -0.05) is 32.3 Å². The van der Waals surface area contributed by atoms with E-state index in [-0.39, 0.29) is 0 Å². The molecule has 0 aliphatic carbocycles. The zero-order valence-corrected chi connectivity index (χ0v) is 7.06. The lowest BCUT2D eigenvalue weighted by atomic mass is 9.99. The van der Waals surface area contributed by atoms with Crippen molar-refractivity contribution < 1.29 is 5.11 Å². The molecule has 0 spiro atoms. The summed E-state index contributed by atoms with van der Waals surface area (Å²) >= 11 is 0. The lowest BCUT2D eigenvalue weighted by Gasteiger charge is -2.17. The molecule has 60 valence electrons. The zero-order valence-electron chi connectivity index (χ0n) is 7.06. The van der Waals surface area contributed by atoms with Crippen LogP contribution in [-0.2, 0) is 0 Å². The first kappa shape index (κ1) is 9.70. The maximum atomic E-state index is 9.43. The number of aliphatic hydroxyl groups is 1. The monoisotopic (exact) mass is 142 g/mol. The highest BCUT2D eigenvalue weighted by Crippen LogP contribution is 2.14. The quantitative estimate of drug-likeness (QED) is 0.462. The Kier molecular flexibility index (Phi) is 4.37. The first-order chi connectivity index (χ1) is 4.62. The molecule has 0 rings (SSSR count). The van der Waals surface area contributed by atoms with Gasteiger partial charge in [0.05, 0.1) is 5.60 Å². The van der Waals surface area contributed by atoms with Crippen molar-refractivity contribution in [3.05, 3.63) is 12.7 Å². The van der Waals surface area contributed by atoms with Gasteiger partial charge in [-0.25, -0.2) is 0 Å². The molecule has 1 nitrogen and oxygen atoms in total. The Morgan fingerprint density at radius 3 is 2.50 bits per heavy atom. The zero-order chi connectivity index (χ0) is 8.04. The third-order valence-corrected chi connectivity index (χ3v) is 1.73. The highest BCUT2D eigenvalue weighted by atomic mass is 16.3. The molecule has 0 aliphatic rings. The van der Waals surface area contributed by atoms with Gasteiger partial charge in [-0.2, -0.15) is 0 Å². The first-order valence-electron chi connectivity index (χ1n) is 3.98. The van der Waals surface area contributed by atoms with Crippen molar-refractivity contribution in [2.24, 2.45) is 0 Å². The normalized spacial score (nSPS) is 16.3. The van der Waals surface area contributed by atoms with Gasteiger partial charge in [0, 0.05) is 0 Å². The predicted molar refractivity (Wildman–Crippen MR) is 45.0 cm³/mol. The van der Waals surface area contributed by atoms with E-state index in [1.807, 2.05) is 0 Å². The van der Waals surface area contributed by atoms with E-state index in [1.54, 1.807) is 13.0 Å². The van der Waals surface area contributed by atoms with Crippen LogP contribution >= 0.6 is 0 Å². The summed E-state index contributed by atoms with van der Waals surface area (Å²) in [6.45, 7) is 7.52. The average molecular weight is 142 g/mol. The van der Waals surface area contributed by atoms with Crippen LogP contribution in [0.4, 0.5) is 0 Å². The topological polar surface area (TPSA) is 20.2 Å². The van der Waals surface area contributed by atoms with Crippen LogP contribution in [0.2, 0.25) is 0 Å². The molecular formula is C9H18O. The molecule has 10 heavy (non-hydrogen) atoms. The molecule has 0 aliphatic heterocycles. The summed E-state index contributed by atoms with van der Waals surface area (Å²) in [5.41, 5.74) is -0.644. The van der Waals surface area contributed by atoms with Crippen molar-refractivity contribution in [2.75, 3.05) is 0 Å². The van der Waals surface area contributed by atoms with E-state index in [0.717, 1.165) is 12.8 Å². The number of hydrogen-bond acceptors (Lipinski definition) is 1. The van der Waals surface area contributed by atoms with E-state index >= 15 is 0 Å². The lowest BCUT2D eigenvalue weighted by Crippen LogP contribution is -2.19. The average Bonchev–Trinajstić information content (AvgIpc) is 1.89. The van der Waals surface area contributed by atoms with Crippen LogP contribution in [0.1, 0.15) is 39.5 Å². The maximum Gasteiger partial charge on any atom is 0.0797 e. The van der Waals surface area contributed by atoms with Gasteiger partial charge in [0.25, 0.3) is 0 Å². The van der Waals surface area contributed by atoms with Crippen molar-refractivity contribution in [2.45, 2.75) is 45.1 Å². The Balaban J connectivity index is 3.37. The fourth-order valence-corrected chi connectivity index (χ4v) is 0.835. The molecule has 0 aromatic heterocycles. The Labute approximate surface area is 63.8 Å². The highest BCUT2D eigenvalue weighted by Gasteiger charge is 2.13. The van der Waals surface area contributed by atoms with Crippen LogP contribution in [0.5, 0.6) is 0 Å². The Morgan fingerprint density at radius 2 is 2.10 bits per heavy atom. The first-order valence-corrected chi connectivity index (χ1v) is 3.98. The van der Waals surface area contributed by atoms with E-state index in [1.165, 1.54) is 12.8 Å². The molecule has 1 heteroatoms. The minimum Gasteiger partial charge on any atom is -0.386 e. The van der Waals surface area contributed by atoms with Crippen molar-refractivity contribution in [3.63, 3.8) is 0 Å². The third-order valence-electron chi connectivity index (χ3n) is 1.73. The summed E-state index contributed by atoms with van der Waals surface area (Å²) in [5, 5.41) is 9.43. The van der Waals surface area contributed by atoms with Crippen LogP contribution in [0.3, 0.4) is 0 Å². The van der Waals surface area contributed by atoms with Gasteiger partial charge in [-0.3, -0.25) is 0 Å². The van der Waals surface area contributed by atoms with Crippen LogP contribution in [-0.4, -0.2) is 10.7 Å². The highest BCUT2D eigenvalue weighted by molar-refractivity contribution is 4.90. The van der Waals surface area contributed by atoms with Gasteiger partial charge in [0.2, 0.25) is 0 Å². The Morgan fingerprint density at radius 1 is 1.50 bits per heavy atom. The number of hydrogen-bond donors (Lipinski definition) is 1. The van der Waals surface area contributed by atoms with Gasteiger partial charge in [0.1, 0.15) is 0 Å². The fraction of sp³-hybridized carbons (Fsp3) is 0.778. The SMILES string of the molecule is C=C[C@](C)(O)CCCCC. The Bertz CT molecular complexity index is 94.9. The van der Waals surface area contributed by atoms with E-state index in [0.29, 0.717) is 0 Å². The third kappa shape index (κ3) is 4.57. The van der Waals surface area contributed by atoms with Crippen LogP contribution in [0, 0.1) is 0 Å². The number of rotatable bonds is 5. The van der Waals surface area contributed by atoms with Crippen LogP contribution < -0.4 is 0 Å². The van der Waals surface area contributed by atoms with Gasteiger partial charge < -0.3 is 5.11 Å². The smallest absolute Gasteiger partial charge is 0.0797 e. The molecule has 1 atom stereocenters. The summed E-state index contributed by atoms with van der Waals surface area (Å²) in [6, 6.07) is 0. The maximum absolute atomic E-state index is 9.43. The lowest BCUT2D eigenvalue weighted by molar-refractivity contribution is 0.0990. The van der Waals surface area contributed by atoms with Crippen molar-refractivity contribution in [1.29, 1.82) is 0 Å². The summed E-state index contributed by atoms with van der Waals surface area (Å²) in [5.74, 6) is 0. The van der Waals surface area contributed by atoms with Crippen molar-refractivity contribution in [1.82, 2.24) is 0 Å². The summed E-state index contributed by atoms with van der Waals surface area (Å²) < 4.78 is 0. The second-order valence-corrected chi connectivity index (χ2v) is 3.02. The molecule has 0 aromatic carbocycles. The van der Waals surface area contributed by atoms with E-state index in [9.17, 15) is 5.11 Å². The molecular weight excluding hydrogens is 124 g/mol. The summed E-state index contributed by atoms with van der Waals surface area (Å²) in [7, 11) is 0. The van der Waals surface area contributed by atoms with Gasteiger partial charge >= 0.3 is 0 Å². The summed E-state index contributed by atoms with van der Waals surface area (Å²) in [4.78, 5) is 0. The summed E-state index contributed by atoms with van der Waals surface area (Å²) in [6.07, 6.45) is 5.94. The molecule has 0 heterocycles. The minimum absolute atomic E-state index is 0.644. The van der Waals surface area contributed by atoms with Gasteiger partial charge in [0.15, 0.2) is 0 Å². The second-order valence-electron chi connectivity index (χ2n) is 3.02. The van der Waals surface area contributed by atoms with Crippen LogP contribution in [0.25, 0.3) is 0 Å². The molecule has 0 amide bonds. The van der Waals surface area contributed by atoms with E-state index < -0.39 is 5.60 Å². The van der Waals surface area contributed by atoms with Gasteiger partial charge in [-0.05, 0) is 13.3 Å². The minimum atomic E-state index is -0.644. The van der Waals surface area contributed by atoms with E-state index in [4.69, 9.17) is 0 Å². The van der Waals surface area contributed by atoms with Crippen molar-refractivity contribution in [3.8, 4) is 0 Å². The molecule has 0 saturated carbocycles. The Hall–Kier alpha value is -0.300. The molecule has 0 radical (unpaired) electrons.